The highest BCUT2D eigenvalue weighted by Gasteiger charge is 2.28. The minimum absolute atomic E-state index is 0.00669. The molecule has 25 heavy (non-hydrogen) atoms. The van der Waals surface area contributed by atoms with Crippen LogP contribution in [-0.2, 0) is 16.8 Å². The van der Waals surface area contributed by atoms with Crippen molar-refractivity contribution in [1.82, 2.24) is 14.8 Å². The van der Waals surface area contributed by atoms with Gasteiger partial charge in [-0.15, -0.1) is 0 Å². The molecule has 0 bridgehead atoms. The lowest BCUT2D eigenvalue weighted by Gasteiger charge is -2.28. The van der Waals surface area contributed by atoms with Crippen molar-refractivity contribution in [3.05, 3.63) is 17.8 Å². The first-order chi connectivity index (χ1) is 11.9. The van der Waals surface area contributed by atoms with Crippen molar-refractivity contribution in [3.63, 3.8) is 0 Å². The fourth-order valence-corrected chi connectivity index (χ4v) is 3.88. The summed E-state index contributed by atoms with van der Waals surface area (Å²) in [6.45, 7) is 10.8. The number of carbonyl (C=O) groups excluding carboxylic acids is 1. The predicted molar refractivity (Wildman–Crippen MR) is 98.3 cm³/mol. The van der Waals surface area contributed by atoms with E-state index in [9.17, 15) is 4.79 Å². The average molecular weight is 348 g/mol. The fraction of sp³-hybridized carbons (Fsp3) is 0.800. The first kappa shape index (κ1) is 18.4. The second-order valence-electron chi connectivity index (χ2n) is 8.66. The maximum atomic E-state index is 12.8. The predicted octanol–water partition coefficient (Wildman–Crippen LogP) is 3.59. The monoisotopic (exact) mass is 347 g/mol. The third-order valence-corrected chi connectivity index (χ3v) is 5.51. The van der Waals surface area contributed by atoms with E-state index in [0.717, 1.165) is 63.6 Å². The van der Waals surface area contributed by atoms with Gasteiger partial charge < -0.3 is 9.32 Å². The van der Waals surface area contributed by atoms with Crippen LogP contribution in [0.15, 0.2) is 10.6 Å². The Morgan fingerprint density at radius 1 is 1.12 bits per heavy atom. The summed E-state index contributed by atoms with van der Waals surface area (Å²) < 4.78 is 5.93. The van der Waals surface area contributed by atoms with E-state index in [1.54, 1.807) is 0 Å². The smallest absolute Gasteiger partial charge is 0.225 e. The summed E-state index contributed by atoms with van der Waals surface area (Å²) in [6.07, 6.45) is 8.80. The van der Waals surface area contributed by atoms with Crippen LogP contribution in [-0.4, -0.2) is 46.9 Å². The summed E-state index contributed by atoms with van der Waals surface area (Å²) >= 11 is 0. The van der Waals surface area contributed by atoms with E-state index in [-0.39, 0.29) is 11.3 Å². The zero-order chi connectivity index (χ0) is 17.9. The van der Waals surface area contributed by atoms with Crippen molar-refractivity contribution in [1.29, 1.82) is 0 Å². The van der Waals surface area contributed by atoms with Gasteiger partial charge in [-0.05, 0) is 19.3 Å². The number of nitrogens with zero attached hydrogens (tertiary/aromatic N) is 3. The molecule has 1 aromatic heterocycles. The number of hydrogen-bond acceptors (Lipinski definition) is 4. The zero-order valence-electron chi connectivity index (χ0n) is 16.1. The SMILES string of the molecule is CC(C)(C)c1cnc(CN2CCCN(C(=O)C3CCCCC3)CC2)o1. The molecule has 0 spiro atoms. The van der Waals surface area contributed by atoms with Gasteiger partial charge in [0.15, 0.2) is 0 Å². The lowest BCUT2D eigenvalue weighted by molar-refractivity contribution is -0.136. The number of hydrogen-bond donors (Lipinski definition) is 0. The third-order valence-electron chi connectivity index (χ3n) is 5.51. The molecule has 1 aromatic rings. The summed E-state index contributed by atoms with van der Waals surface area (Å²) in [5.74, 6) is 2.40. The van der Waals surface area contributed by atoms with Crippen molar-refractivity contribution in [3.8, 4) is 0 Å². The highest BCUT2D eigenvalue weighted by molar-refractivity contribution is 5.79. The van der Waals surface area contributed by atoms with Gasteiger partial charge in [-0.25, -0.2) is 4.98 Å². The van der Waals surface area contributed by atoms with Crippen molar-refractivity contribution in [2.24, 2.45) is 5.92 Å². The van der Waals surface area contributed by atoms with Gasteiger partial charge in [-0.2, -0.15) is 0 Å². The van der Waals surface area contributed by atoms with Gasteiger partial charge in [0.25, 0.3) is 0 Å². The van der Waals surface area contributed by atoms with E-state index in [2.05, 4.69) is 35.6 Å². The van der Waals surface area contributed by atoms with Gasteiger partial charge in [-0.1, -0.05) is 40.0 Å². The molecule has 5 heteroatoms. The van der Waals surface area contributed by atoms with E-state index in [1.807, 2.05) is 6.20 Å². The maximum Gasteiger partial charge on any atom is 0.225 e. The summed E-state index contributed by atoms with van der Waals surface area (Å²) in [7, 11) is 0. The van der Waals surface area contributed by atoms with Gasteiger partial charge in [0.05, 0.1) is 12.7 Å². The molecule has 3 rings (SSSR count). The van der Waals surface area contributed by atoms with Crippen LogP contribution in [0.1, 0.15) is 70.9 Å². The molecule has 1 amide bonds. The molecule has 0 radical (unpaired) electrons. The first-order valence-corrected chi connectivity index (χ1v) is 9.90. The molecule has 2 aliphatic rings. The lowest BCUT2D eigenvalue weighted by atomic mass is 9.88. The quantitative estimate of drug-likeness (QED) is 0.838. The number of oxazole rings is 1. The van der Waals surface area contributed by atoms with Crippen LogP contribution in [0, 0.1) is 5.92 Å². The van der Waals surface area contributed by atoms with Gasteiger partial charge in [0.1, 0.15) is 5.76 Å². The maximum absolute atomic E-state index is 12.8. The van der Waals surface area contributed by atoms with Gasteiger partial charge >= 0.3 is 0 Å². The van der Waals surface area contributed by atoms with E-state index in [4.69, 9.17) is 4.42 Å². The van der Waals surface area contributed by atoms with E-state index >= 15 is 0 Å². The average Bonchev–Trinajstić information content (AvgIpc) is 2.94. The molecule has 0 aromatic carbocycles. The third kappa shape index (κ3) is 4.84. The zero-order valence-corrected chi connectivity index (χ0v) is 16.1. The first-order valence-electron chi connectivity index (χ1n) is 9.90. The Morgan fingerprint density at radius 3 is 2.56 bits per heavy atom. The normalized spacial score (nSPS) is 21.3. The Labute approximate surface area is 151 Å². The number of amides is 1. The molecule has 1 aliphatic heterocycles. The molecule has 5 nitrogen and oxygen atoms in total. The minimum atomic E-state index is -0.00669. The van der Waals surface area contributed by atoms with Gasteiger partial charge in [0, 0.05) is 37.5 Å². The van der Waals surface area contributed by atoms with Gasteiger partial charge in [0.2, 0.25) is 11.8 Å². The van der Waals surface area contributed by atoms with Crippen LogP contribution in [0.25, 0.3) is 0 Å². The number of aromatic nitrogens is 1. The molecule has 140 valence electrons. The molecule has 0 atom stereocenters. The summed E-state index contributed by atoms with van der Waals surface area (Å²) in [5.41, 5.74) is -0.00669. The molecule has 1 aliphatic carbocycles. The molecule has 0 N–H and O–H groups in total. The Bertz CT molecular complexity index is 570. The molecule has 1 saturated carbocycles. The minimum Gasteiger partial charge on any atom is -0.444 e. The van der Waals surface area contributed by atoms with E-state index < -0.39 is 0 Å². The Morgan fingerprint density at radius 2 is 1.88 bits per heavy atom. The molecule has 1 saturated heterocycles. The highest BCUT2D eigenvalue weighted by atomic mass is 16.4. The second kappa shape index (κ2) is 7.90. The van der Waals surface area contributed by atoms with Crippen LogP contribution in [0.2, 0.25) is 0 Å². The van der Waals surface area contributed by atoms with Crippen LogP contribution < -0.4 is 0 Å². The van der Waals surface area contributed by atoms with Crippen LogP contribution in [0.3, 0.4) is 0 Å². The molecule has 2 fully saturated rings. The van der Waals surface area contributed by atoms with Crippen LogP contribution in [0.4, 0.5) is 0 Å². The number of carbonyl (C=O) groups is 1. The number of rotatable bonds is 3. The summed E-state index contributed by atoms with van der Waals surface area (Å²) in [6, 6.07) is 0. The fourth-order valence-electron chi connectivity index (χ4n) is 3.88. The lowest BCUT2D eigenvalue weighted by Crippen LogP contribution is -2.39. The topological polar surface area (TPSA) is 49.6 Å². The van der Waals surface area contributed by atoms with E-state index in [1.165, 1.54) is 19.3 Å². The van der Waals surface area contributed by atoms with Crippen molar-refractivity contribution in [2.45, 2.75) is 71.3 Å². The molecular weight excluding hydrogens is 314 g/mol. The van der Waals surface area contributed by atoms with Gasteiger partial charge in [-0.3, -0.25) is 9.69 Å². The van der Waals surface area contributed by atoms with Crippen LogP contribution in [0.5, 0.6) is 0 Å². The largest absolute Gasteiger partial charge is 0.444 e. The van der Waals surface area contributed by atoms with E-state index in [0.29, 0.717) is 5.91 Å². The Balaban J connectivity index is 1.53. The van der Waals surface area contributed by atoms with Crippen molar-refractivity contribution >= 4 is 5.91 Å². The van der Waals surface area contributed by atoms with Crippen LogP contribution >= 0.6 is 0 Å². The standard InChI is InChI=1S/C20H33N3O2/c1-20(2,3)17-14-21-18(25-17)15-22-10-7-11-23(13-12-22)19(24)16-8-5-4-6-9-16/h14,16H,4-13,15H2,1-3H3. The highest BCUT2D eigenvalue weighted by Crippen LogP contribution is 2.26. The molecule has 2 heterocycles. The molecular formula is C20H33N3O2. The second-order valence-corrected chi connectivity index (χ2v) is 8.66. The van der Waals surface area contributed by atoms with Crippen molar-refractivity contribution in [2.75, 3.05) is 26.2 Å². The Hall–Kier alpha value is -1.36. The summed E-state index contributed by atoms with van der Waals surface area (Å²) in [5, 5.41) is 0. The Kier molecular flexibility index (Phi) is 5.82. The summed E-state index contributed by atoms with van der Waals surface area (Å²) in [4.78, 5) is 21.7. The van der Waals surface area contributed by atoms with Crippen molar-refractivity contribution < 1.29 is 9.21 Å². The molecule has 0 unspecified atom stereocenters.